The molecule has 0 saturated heterocycles. The Bertz CT molecular complexity index is 368. The molecule has 0 aliphatic heterocycles. The summed E-state index contributed by atoms with van der Waals surface area (Å²) in [4.78, 5) is 11.8. The van der Waals surface area contributed by atoms with Gasteiger partial charge in [-0.3, -0.25) is 4.79 Å². The first-order valence-electron chi connectivity index (χ1n) is 5.52. The summed E-state index contributed by atoms with van der Waals surface area (Å²) in [5.74, 6) is 0.444. The quantitative estimate of drug-likeness (QED) is 0.910. The van der Waals surface area contributed by atoms with E-state index in [0.29, 0.717) is 22.9 Å². The van der Waals surface area contributed by atoms with Crippen molar-refractivity contribution in [2.24, 2.45) is 5.92 Å². The number of furan rings is 1. The van der Waals surface area contributed by atoms with Crippen LogP contribution in [0.25, 0.3) is 0 Å². The normalized spacial score (nSPS) is 12.8. The van der Waals surface area contributed by atoms with Gasteiger partial charge in [-0.15, -0.1) is 0 Å². The van der Waals surface area contributed by atoms with Gasteiger partial charge in [0.25, 0.3) is 5.91 Å². The lowest BCUT2D eigenvalue weighted by Crippen LogP contribution is -2.35. The molecule has 1 aromatic heterocycles. The van der Waals surface area contributed by atoms with E-state index in [4.69, 9.17) is 9.15 Å². The Morgan fingerprint density at radius 3 is 2.65 bits per heavy atom. The van der Waals surface area contributed by atoms with Crippen molar-refractivity contribution >= 4 is 21.8 Å². The molecule has 0 fully saturated rings. The van der Waals surface area contributed by atoms with E-state index >= 15 is 0 Å². The molecular weight excluding hydrogens is 286 g/mol. The summed E-state index contributed by atoms with van der Waals surface area (Å²) in [5, 5.41) is 2.79. The van der Waals surface area contributed by atoms with E-state index in [-0.39, 0.29) is 12.0 Å². The summed E-state index contributed by atoms with van der Waals surface area (Å²) < 4.78 is 11.1. The molecule has 0 saturated carbocycles. The van der Waals surface area contributed by atoms with Gasteiger partial charge in [-0.2, -0.15) is 0 Å². The van der Waals surface area contributed by atoms with Crippen LogP contribution in [0, 0.1) is 12.8 Å². The Kier molecular flexibility index (Phi) is 5.21. The van der Waals surface area contributed by atoms with Crippen molar-refractivity contribution in [3.05, 3.63) is 22.1 Å². The molecular formula is C12H18BrNO3. The summed E-state index contributed by atoms with van der Waals surface area (Å²) in [6, 6.07) is 1.70. The summed E-state index contributed by atoms with van der Waals surface area (Å²) >= 11 is 3.23. The molecule has 1 N–H and O–H groups in total. The Morgan fingerprint density at radius 1 is 1.59 bits per heavy atom. The van der Waals surface area contributed by atoms with Crippen LogP contribution in [0.3, 0.4) is 0 Å². The van der Waals surface area contributed by atoms with E-state index < -0.39 is 0 Å². The topological polar surface area (TPSA) is 51.5 Å². The van der Waals surface area contributed by atoms with E-state index in [0.717, 1.165) is 5.56 Å². The van der Waals surface area contributed by atoms with Crippen LogP contribution in [-0.4, -0.2) is 25.7 Å². The van der Waals surface area contributed by atoms with E-state index in [9.17, 15) is 4.79 Å². The van der Waals surface area contributed by atoms with Gasteiger partial charge in [0.15, 0.2) is 10.4 Å². The first kappa shape index (κ1) is 14.3. The highest BCUT2D eigenvalue weighted by atomic mass is 79.9. The lowest BCUT2D eigenvalue weighted by atomic mass is 10.1. The fraction of sp³-hybridized carbons (Fsp3) is 0.583. The van der Waals surface area contributed by atoms with Crippen molar-refractivity contribution in [3.63, 3.8) is 0 Å². The second-order valence-electron chi connectivity index (χ2n) is 4.30. The molecule has 1 rings (SSSR count). The number of amides is 1. The molecule has 0 radical (unpaired) electrons. The molecule has 0 aliphatic carbocycles. The minimum Gasteiger partial charge on any atom is -0.444 e. The highest BCUT2D eigenvalue weighted by Gasteiger charge is 2.17. The number of methoxy groups -OCH3 is 1. The molecule has 0 aliphatic rings. The minimum absolute atomic E-state index is 0.0125. The van der Waals surface area contributed by atoms with Crippen molar-refractivity contribution in [1.29, 1.82) is 0 Å². The number of hydrogen-bond acceptors (Lipinski definition) is 3. The SMILES string of the molecule is COC(CNC(=O)c1cc(C)c(Br)o1)C(C)C. The van der Waals surface area contributed by atoms with Crippen molar-refractivity contribution in [3.8, 4) is 0 Å². The molecule has 0 spiro atoms. The van der Waals surface area contributed by atoms with Gasteiger partial charge in [0.1, 0.15) is 0 Å². The average Bonchev–Trinajstić information content (AvgIpc) is 2.59. The van der Waals surface area contributed by atoms with Gasteiger partial charge in [-0.25, -0.2) is 0 Å². The first-order valence-corrected chi connectivity index (χ1v) is 6.32. The zero-order chi connectivity index (χ0) is 13.0. The molecule has 1 amide bonds. The Hall–Kier alpha value is -0.810. The highest BCUT2D eigenvalue weighted by molar-refractivity contribution is 9.10. The Morgan fingerprint density at radius 2 is 2.24 bits per heavy atom. The van der Waals surface area contributed by atoms with Crippen LogP contribution in [-0.2, 0) is 4.74 Å². The third kappa shape index (κ3) is 3.85. The number of carbonyl (C=O) groups is 1. The number of carbonyl (C=O) groups excluding carboxylic acids is 1. The number of nitrogens with one attached hydrogen (secondary N) is 1. The fourth-order valence-corrected chi connectivity index (χ4v) is 1.73. The predicted octanol–water partition coefficient (Wildman–Crippen LogP) is 2.75. The lowest BCUT2D eigenvalue weighted by molar-refractivity contribution is 0.0597. The van der Waals surface area contributed by atoms with E-state index in [2.05, 4.69) is 21.2 Å². The summed E-state index contributed by atoms with van der Waals surface area (Å²) in [5.41, 5.74) is 0.905. The van der Waals surface area contributed by atoms with E-state index in [1.54, 1.807) is 13.2 Å². The fourth-order valence-electron chi connectivity index (χ4n) is 1.44. The maximum Gasteiger partial charge on any atom is 0.287 e. The first-order chi connectivity index (χ1) is 7.95. The van der Waals surface area contributed by atoms with Gasteiger partial charge in [0.05, 0.1) is 6.10 Å². The number of hydrogen-bond donors (Lipinski definition) is 1. The molecule has 0 bridgehead atoms. The second kappa shape index (κ2) is 6.21. The van der Waals surface area contributed by atoms with Crippen molar-refractivity contribution in [2.75, 3.05) is 13.7 Å². The number of halogens is 1. The third-order valence-corrected chi connectivity index (χ3v) is 3.38. The molecule has 17 heavy (non-hydrogen) atoms. The van der Waals surface area contributed by atoms with Gasteiger partial charge in [0, 0.05) is 19.2 Å². The van der Waals surface area contributed by atoms with Crippen LogP contribution in [0.1, 0.15) is 30.0 Å². The largest absolute Gasteiger partial charge is 0.444 e. The Balaban J connectivity index is 2.55. The summed E-state index contributed by atoms with van der Waals surface area (Å²) in [6.07, 6.45) is 0.0125. The van der Waals surface area contributed by atoms with Crippen LogP contribution in [0.5, 0.6) is 0 Å². The van der Waals surface area contributed by atoms with Crippen LogP contribution in [0.4, 0.5) is 0 Å². The molecule has 4 nitrogen and oxygen atoms in total. The predicted molar refractivity (Wildman–Crippen MR) is 69.1 cm³/mol. The summed E-state index contributed by atoms with van der Waals surface area (Å²) in [7, 11) is 1.64. The van der Waals surface area contributed by atoms with Crippen LogP contribution < -0.4 is 5.32 Å². The van der Waals surface area contributed by atoms with Crippen LogP contribution in [0.15, 0.2) is 15.2 Å². The molecule has 1 atom stereocenters. The molecule has 96 valence electrons. The van der Waals surface area contributed by atoms with Crippen molar-refractivity contribution < 1.29 is 13.9 Å². The number of rotatable bonds is 5. The van der Waals surface area contributed by atoms with Crippen molar-refractivity contribution in [1.82, 2.24) is 5.32 Å². The lowest BCUT2D eigenvalue weighted by Gasteiger charge is -2.19. The Labute approximate surface area is 110 Å². The molecule has 1 unspecified atom stereocenters. The standard InChI is InChI=1S/C12H18BrNO3/c1-7(2)10(16-4)6-14-12(15)9-5-8(3)11(13)17-9/h5,7,10H,6H2,1-4H3,(H,14,15). The van der Waals surface area contributed by atoms with Gasteiger partial charge < -0.3 is 14.5 Å². The minimum atomic E-state index is -0.221. The highest BCUT2D eigenvalue weighted by Crippen LogP contribution is 2.20. The van der Waals surface area contributed by atoms with Crippen LogP contribution in [0.2, 0.25) is 0 Å². The summed E-state index contributed by atoms with van der Waals surface area (Å²) in [6.45, 7) is 6.45. The number of aryl methyl sites for hydroxylation is 1. The van der Waals surface area contributed by atoms with Gasteiger partial charge >= 0.3 is 0 Å². The molecule has 5 heteroatoms. The van der Waals surface area contributed by atoms with Crippen LogP contribution >= 0.6 is 15.9 Å². The second-order valence-corrected chi connectivity index (χ2v) is 5.02. The average molecular weight is 304 g/mol. The monoisotopic (exact) mass is 303 g/mol. The molecule has 0 aromatic carbocycles. The van der Waals surface area contributed by atoms with E-state index in [1.165, 1.54) is 0 Å². The van der Waals surface area contributed by atoms with Gasteiger partial charge in [-0.1, -0.05) is 13.8 Å². The zero-order valence-corrected chi connectivity index (χ0v) is 12.1. The maximum atomic E-state index is 11.8. The molecule has 1 aromatic rings. The zero-order valence-electron chi connectivity index (χ0n) is 10.5. The maximum absolute atomic E-state index is 11.8. The van der Waals surface area contributed by atoms with Gasteiger partial charge in [-0.05, 0) is 34.8 Å². The third-order valence-electron chi connectivity index (χ3n) is 2.59. The number of ether oxygens (including phenoxy) is 1. The molecule has 1 heterocycles. The van der Waals surface area contributed by atoms with Gasteiger partial charge in [0.2, 0.25) is 0 Å². The smallest absolute Gasteiger partial charge is 0.287 e. The van der Waals surface area contributed by atoms with E-state index in [1.807, 2.05) is 20.8 Å². The van der Waals surface area contributed by atoms with Crippen molar-refractivity contribution in [2.45, 2.75) is 26.9 Å².